The molecular weight excluding hydrogens is 244 g/mol. The highest BCUT2D eigenvalue weighted by molar-refractivity contribution is 4.73. The monoisotopic (exact) mass is 284 g/mol. The molecule has 0 aliphatic rings. The third kappa shape index (κ3) is 12.9. The normalized spacial score (nSPS) is 14.6. The van der Waals surface area contributed by atoms with Gasteiger partial charge in [-0.15, -0.1) is 0 Å². The Bertz CT molecular complexity index is 216. The molecule has 0 fully saturated rings. The van der Waals surface area contributed by atoms with Gasteiger partial charge in [0.1, 0.15) is 0 Å². The van der Waals surface area contributed by atoms with Crippen LogP contribution in [-0.2, 0) is 0 Å². The topological polar surface area (TPSA) is 29.3 Å². The molecule has 0 aromatic heterocycles. The Morgan fingerprint density at radius 1 is 0.800 bits per heavy atom. The molecule has 2 nitrogen and oxygen atoms in total. The molecular formula is C18H40N2. The zero-order valence-corrected chi connectivity index (χ0v) is 15.2. The van der Waals surface area contributed by atoms with E-state index in [1.54, 1.807) is 0 Å². The van der Waals surface area contributed by atoms with Gasteiger partial charge in [-0.25, -0.2) is 0 Å². The first-order valence-corrected chi connectivity index (χ1v) is 8.58. The smallest absolute Gasteiger partial charge is 0.00559 e. The van der Waals surface area contributed by atoms with Crippen molar-refractivity contribution < 1.29 is 0 Å². The Labute approximate surface area is 128 Å². The maximum Gasteiger partial charge on any atom is 0.00559 e. The number of hydrogen-bond donors (Lipinski definition) is 1. The minimum Gasteiger partial charge on any atom is -0.328 e. The third-order valence-electron chi connectivity index (χ3n) is 3.74. The predicted octanol–water partition coefficient (Wildman–Crippen LogP) is 4.53. The molecule has 20 heavy (non-hydrogen) atoms. The van der Waals surface area contributed by atoms with Crippen molar-refractivity contribution in [1.29, 1.82) is 0 Å². The Hall–Kier alpha value is -0.0800. The summed E-state index contributed by atoms with van der Waals surface area (Å²) in [5, 5.41) is 0. The molecule has 0 saturated carbocycles. The summed E-state index contributed by atoms with van der Waals surface area (Å²) >= 11 is 0. The van der Waals surface area contributed by atoms with Gasteiger partial charge in [0.2, 0.25) is 0 Å². The quantitative estimate of drug-likeness (QED) is 0.638. The summed E-state index contributed by atoms with van der Waals surface area (Å²) < 4.78 is 0. The average molecular weight is 285 g/mol. The lowest BCUT2D eigenvalue weighted by Crippen LogP contribution is -2.34. The third-order valence-corrected chi connectivity index (χ3v) is 3.74. The summed E-state index contributed by atoms with van der Waals surface area (Å²) in [7, 11) is 0. The minimum atomic E-state index is 0.343. The van der Waals surface area contributed by atoms with Gasteiger partial charge in [-0.05, 0) is 62.6 Å². The van der Waals surface area contributed by atoms with Crippen LogP contribution >= 0.6 is 0 Å². The molecule has 1 unspecified atom stereocenters. The summed E-state index contributed by atoms with van der Waals surface area (Å²) in [4.78, 5) is 2.63. The Morgan fingerprint density at radius 2 is 1.20 bits per heavy atom. The lowest BCUT2D eigenvalue weighted by atomic mass is 9.87. The molecule has 0 saturated heterocycles. The molecule has 0 aliphatic carbocycles. The summed E-state index contributed by atoms with van der Waals surface area (Å²) in [5.74, 6) is 1.58. The van der Waals surface area contributed by atoms with Gasteiger partial charge >= 0.3 is 0 Å². The summed E-state index contributed by atoms with van der Waals surface area (Å²) in [5.41, 5.74) is 6.64. The largest absolute Gasteiger partial charge is 0.328 e. The Balaban J connectivity index is 4.12. The van der Waals surface area contributed by atoms with Crippen molar-refractivity contribution in [2.75, 3.05) is 19.6 Å². The van der Waals surface area contributed by atoms with E-state index in [1.807, 2.05) is 0 Å². The van der Waals surface area contributed by atoms with Gasteiger partial charge in [0.05, 0.1) is 0 Å². The lowest BCUT2D eigenvalue weighted by Gasteiger charge is -2.28. The zero-order valence-electron chi connectivity index (χ0n) is 15.2. The first-order chi connectivity index (χ1) is 9.10. The first kappa shape index (κ1) is 19.9. The molecule has 0 bridgehead atoms. The van der Waals surface area contributed by atoms with Crippen molar-refractivity contribution in [1.82, 2.24) is 4.90 Å². The van der Waals surface area contributed by atoms with Gasteiger partial charge in [-0.2, -0.15) is 0 Å². The molecule has 1 atom stereocenters. The van der Waals surface area contributed by atoms with E-state index < -0.39 is 0 Å². The van der Waals surface area contributed by atoms with Crippen LogP contribution < -0.4 is 5.73 Å². The van der Waals surface area contributed by atoms with Crippen molar-refractivity contribution in [3.63, 3.8) is 0 Å². The van der Waals surface area contributed by atoms with Gasteiger partial charge in [0, 0.05) is 6.04 Å². The molecule has 0 aliphatic heterocycles. The van der Waals surface area contributed by atoms with Crippen LogP contribution in [0.1, 0.15) is 74.1 Å². The number of rotatable bonds is 10. The highest BCUT2D eigenvalue weighted by Gasteiger charge is 2.16. The molecule has 0 radical (unpaired) electrons. The van der Waals surface area contributed by atoms with Crippen LogP contribution in [0.2, 0.25) is 0 Å². The SMILES string of the molecule is CC(C)CCN(CCC(C)C)CCC(N)CC(C)(C)C. The van der Waals surface area contributed by atoms with Crippen molar-refractivity contribution in [3.8, 4) is 0 Å². The standard InChI is InChI=1S/C18H40N2/c1-15(2)8-11-20(12-9-16(3)4)13-10-17(19)14-18(5,6)7/h15-17H,8-14,19H2,1-7H3. The minimum absolute atomic E-state index is 0.343. The van der Waals surface area contributed by atoms with Crippen LogP contribution in [-0.4, -0.2) is 30.6 Å². The maximum absolute atomic E-state index is 6.29. The van der Waals surface area contributed by atoms with Gasteiger partial charge in [0.25, 0.3) is 0 Å². The molecule has 2 heteroatoms. The fourth-order valence-electron chi connectivity index (χ4n) is 2.45. The van der Waals surface area contributed by atoms with Crippen LogP contribution in [0, 0.1) is 17.3 Å². The van der Waals surface area contributed by atoms with E-state index in [1.165, 1.54) is 25.9 Å². The molecule has 0 spiro atoms. The zero-order chi connectivity index (χ0) is 15.8. The van der Waals surface area contributed by atoms with Gasteiger partial charge in [-0.1, -0.05) is 48.5 Å². The van der Waals surface area contributed by atoms with E-state index in [0.29, 0.717) is 11.5 Å². The second-order valence-electron chi connectivity index (χ2n) is 8.52. The van der Waals surface area contributed by atoms with Gasteiger partial charge in [-0.3, -0.25) is 0 Å². The second kappa shape index (κ2) is 9.78. The van der Waals surface area contributed by atoms with Crippen LogP contribution in [0.3, 0.4) is 0 Å². The van der Waals surface area contributed by atoms with E-state index in [4.69, 9.17) is 5.73 Å². The van der Waals surface area contributed by atoms with Crippen LogP contribution in [0.15, 0.2) is 0 Å². The van der Waals surface area contributed by atoms with E-state index in [2.05, 4.69) is 53.4 Å². The molecule has 0 aromatic rings. The Morgan fingerprint density at radius 3 is 1.55 bits per heavy atom. The molecule has 2 N–H and O–H groups in total. The van der Waals surface area contributed by atoms with E-state index in [9.17, 15) is 0 Å². The van der Waals surface area contributed by atoms with Crippen LogP contribution in [0.5, 0.6) is 0 Å². The molecule has 0 aromatic carbocycles. The molecule has 122 valence electrons. The maximum atomic E-state index is 6.29. The van der Waals surface area contributed by atoms with Crippen molar-refractivity contribution in [2.24, 2.45) is 23.0 Å². The van der Waals surface area contributed by atoms with Crippen LogP contribution in [0.25, 0.3) is 0 Å². The number of hydrogen-bond acceptors (Lipinski definition) is 2. The van der Waals surface area contributed by atoms with Crippen molar-refractivity contribution in [2.45, 2.75) is 80.2 Å². The van der Waals surface area contributed by atoms with Gasteiger partial charge in [0.15, 0.2) is 0 Å². The summed E-state index contributed by atoms with van der Waals surface area (Å²) in [6, 6.07) is 0.343. The average Bonchev–Trinajstić information content (AvgIpc) is 2.24. The van der Waals surface area contributed by atoms with Crippen molar-refractivity contribution in [3.05, 3.63) is 0 Å². The van der Waals surface area contributed by atoms with Crippen molar-refractivity contribution >= 4 is 0 Å². The summed E-state index contributed by atoms with van der Waals surface area (Å²) in [6.07, 6.45) is 4.85. The lowest BCUT2D eigenvalue weighted by molar-refractivity contribution is 0.225. The molecule has 0 rings (SSSR count). The predicted molar refractivity (Wildman–Crippen MR) is 92.0 cm³/mol. The van der Waals surface area contributed by atoms with E-state index in [0.717, 1.165) is 31.2 Å². The van der Waals surface area contributed by atoms with E-state index >= 15 is 0 Å². The van der Waals surface area contributed by atoms with E-state index in [-0.39, 0.29) is 0 Å². The Kier molecular flexibility index (Phi) is 9.74. The summed E-state index contributed by atoms with van der Waals surface area (Å²) in [6.45, 7) is 19.7. The molecule has 0 heterocycles. The van der Waals surface area contributed by atoms with Gasteiger partial charge < -0.3 is 10.6 Å². The fourth-order valence-corrected chi connectivity index (χ4v) is 2.45. The number of nitrogens with two attached hydrogens (primary N) is 1. The highest BCUT2D eigenvalue weighted by Crippen LogP contribution is 2.21. The van der Waals surface area contributed by atoms with Crippen LogP contribution in [0.4, 0.5) is 0 Å². The highest BCUT2D eigenvalue weighted by atomic mass is 15.1. The first-order valence-electron chi connectivity index (χ1n) is 8.58. The number of nitrogens with zero attached hydrogens (tertiary/aromatic N) is 1. The fraction of sp³-hybridized carbons (Fsp3) is 1.00. The molecule has 0 amide bonds. The second-order valence-corrected chi connectivity index (χ2v) is 8.52.